The van der Waals surface area contributed by atoms with E-state index in [0.29, 0.717) is 17.7 Å². The molecule has 1 atom stereocenters. The second-order valence-corrected chi connectivity index (χ2v) is 6.10. The van der Waals surface area contributed by atoms with E-state index in [2.05, 4.69) is 5.32 Å². The normalized spacial score (nSPS) is 19.1. The van der Waals surface area contributed by atoms with Crippen molar-refractivity contribution in [1.82, 2.24) is 5.32 Å². The summed E-state index contributed by atoms with van der Waals surface area (Å²) < 4.78 is 5.11. The van der Waals surface area contributed by atoms with Crippen LogP contribution in [0.15, 0.2) is 48.5 Å². The summed E-state index contributed by atoms with van der Waals surface area (Å²) in [7, 11) is 0. The fraction of sp³-hybridized carbons (Fsp3) is 0.300. The Morgan fingerprint density at radius 1 is 1.16 bits per heavy atom. The summed E-state index contributed by atoms with van der Waals surface area (Å²) in [6.07, 6.45) is 0.957. The molecule has 0 spiro atoms. The van der Waals surface area contributed by atoms with Gasteiger partial charge in [-0.25, -0.2) is 9.59 Å². The molecule has 2 N–H and O–H groups in total. The zero-order valence-electron chi connectivity index (χ0n) is 14.1. The summed E-state index contributed by atoms with van der Waals surface area (Å²) in [5.74, 6) is -1.37. The highest BCUT2D eigenvalue weighted by atomic mass is 16.5. The van der Waals surface area contributed by atoms with Gasteiger partial charge in [-0.05, 0) is 36.1 Å². The number of nitrogens with one attached hydrogen (secondary N) is 1. The Bertz CT molecular complexity index is 802. The summed E-state index contributed by atoms with van der Waals surface area (Å²) in [5, 5.41) is 13.2. The van der Waals surface area contributed by atoms with E-state index in [0.717, 1.165) is 17.5 Å². The summed E-state index contributed by atoms with van der Waals surface area (Å²) in [5.41, 5.74) is 1.60. The van der Waals surface area contributed by atoms with E-state index in [1.54, 1.807) is 25.1 Å². The number of esters is 1. The molecule has 130 valence electrons. The van der Waals surface area contributed by atoms with E-state index in [1.807, 2.05) is 30.3 Å². The zero-order chi connectivity index (χ0) is 17.9. The van der Waals surface area contributed by atoms with Crippen molar-refractivity contribution >= 4 is 11.9 Å². The predicted octanol–water partition coefficient (Wildman–Crippen LogP) is 2.53. The highest BCUT2D eigenvalue weighted by Crippen LogP contribution is 2.33. The molecule has 1 heterocycles. The minimum Gasteiger partial charge on any atom is -0.480 e. The molecule has 0 fully saturated rings. The topological polar surface area (TPSA) is 75.6 Å². The first-order chi connectivity index (χ1) is 12.1. The quantitative estimate of drug-likeness (QED) is 0.819. The van der Waals surface area contributed by atoms with E-state index in [9.17, 15) is 14.7 Å². The van der Waals surface area contributed by atoms with Crippen LogP contribution in [0.4, 0.5) is 0 Å². The zero-order valence-corrected chi connectivity index (χ0v) is 14.1. The molecule has 2 aromatic carbocycles. The fourth-order valence-corrected chi connectivity index (χ4v) is 3.45. The van der Waals surface area contributed by atoms with Gasteiger partial charge in [0, 0.05) is 13.0 Å². The summed E-state index contributed by atoms with van der Waals surface area (Å²) >= 11 is 0. The highest BCUT2D eigenvalue weighted by molar-refractivity contribution is 5.92. The number of hydrogen-bond donors (Lipinski definition) is 2. The molecule has 1 unspecified atom stereocenters. The molecule has 0 saturated carbocycles. The van der Waals surface area contributed by atoms with Crippen LogP contribution >= 0.6 is 0 Å². The van der Waals surface area contributed by atoms with Gasteiger partial charge in [0.1, 0.15) is 5.54 Å². The molecule has 5 heteroatoms. The van der Waals surface area contributed by atoms with Gasteiger partial charge in [-0.2, -0.15) is 0 Å². The van der Waals surface area contributed by atoms with Crippen LogP contribution in [0.5, 0.6) is 0 Å². The number of hydrogen-bond acceptors (Lipinski definition) is 4. The maximum atomic E-state index is 12.3. The van der Waals surface area contributed by atoms with Gasteiger partial charge in [-0.3, -0.25) is 5.32 Å². The highest BCUT2D eigenvalue weighted by Gasteiger charge is 2.44. The van der Waals surface area contributed by atoms with Crippen molar-refractivity contribution < 1.29 is 19.4 Å². The third-order valence-electron chi connectivity index (χ3n) is 4.63. The maximum absolute atomic E-state index is 12.3. The number of carboxylic acid groups (broad SMARTS) is 1. The minimum atomic E-state index is -1.25. The lowest BCUT2D eigenvalue weighted by molar-refractivity contribution is -0.145. The van der Waals surface area contributed by atoms with Crippen LogP contribution in [-0.4, -0.2) is 30.2 Å². The van der Waals surface area contributed by atoms with Crippen LogP contribution in [0.2, 0.25) is 0 Å². The molecule has 0 amide bonds. The second kappa shape index (κ2) is 7.07. The van der Waals surface area contributed by atoms with E-state index in [4.69, 9.17) is 4.74 Å². The van der Waals surface area contributed by atoms with Gasteiger partial charge < -0.3 is 9.84 Å². The van der Waals surface area contributed by atoms with Crippen LogP contribution in [0.3, 0.4) is 0 Å². The molecule has 0 aromatic heterocycles. The molecular formula is C20H21NO4. The number of fused-ring (bicyclic) bond motifs is 1. The third kappa shape index (κ3) is 3.15. The fourth-order valence-electron chi connectivity index (χ4n) is 3.45. The number of carbonyl (C=O) groups excluding carboxylic acids is 1. The lowest BCUT2D eigenvalue weighted by Crippen LogP contribution is -2.54. The lowest BCUT2D eigenvalue weighted by Gasteiger charge is -2.37. The van der Waals surface area contributed by atoms with Crippen LogP contribution in [-0.2, 0) is 27.9 Å². The van der Waals surface area contributed by atoms with Crippen molar-refractivity contribution in [2.24, 2.45) is 0 Å². The molecule has 0 saturated heterocycles. The van der Waals surface area contributed by atoms with Crippen molar-refractivity contribution in [3.05, 3.63) is 70.8 Å². The predicted molar refractivity (Wildman–Crippen MR) is 93.6 cm³/mol. The van der Waals surface area contributed by atoms with Crippen molar-refractivity contribution in [2.45, 2.75) is 25.3 Å². The molecule has 1 aliphatic heterocycles. The van der Waals surface area contributed by atoms with Crippen molar-refractivity contribution in [2.75, 3.05) is 13.2 Å². The molecule has 1 aliphatic rings. The Labute approximate surface area is 146 Å². The van der Waals surface area contributed by atoms with Gasteiger partial charge in [-0.15, -0.1) is 0 Å². The van der Waals surface area contributed by atoms with Crippen molar-refractivity contribution in [3.8, 4) is 0 Å². The number of rotatable bonds is 5. The van der Waals surface area contributed by atoms with Gasteiger partial charge >= 0.3 is 11.9 Å². The molecule has 3 rings (SSSR count). The SMILES string of the molecule is CCOC(=O)c1ccccc1CC1(C(=O)O)NCCc2ccccc21. The molecule has 2 aromatic rings. The van der Waals surface area contributed by atoms with Gasteiger partial charge in [0.15, 0.2) is 0 Å². The third-order valence-corrected chi connectivity index (χ3v) is 4.63. The van der Waals surface area contributed by atoms with E-state index in [1.165, 1.54) is 0 Å². The first kappa shape index (κ1) is 17.2. The van der Waals surface area contributed by atoms with E-state index in [-0.39, 0.29) is 13.0 Å². The van der Waals surface area contributed by atoms with Gasteiger partial charge in [0.2, 0.25) is 0 Å². The number of aliphatic carboxylic acids is 1. The van der Waals surface area contributed by atoms with Gasteiger partial charge in [0.25, 0.3) is 0 Å². The van der Waals surface area contributed by atoms with Crippen LogP contribution in [0.1, 0.15) is 34.0 Å². The van der Waals surface area contributed by atoms with Crippen LogP contribution in [0.25, 0.3) is 0 Å². The van der Waals surface area contributed by atoms with Crippen molar-refractivity contribution in [1.29, 1.82) is 0 Å². The number of carboxylic acids is 1. The van der Waals surface area contributed by atoms with Crippen molar-refractivity contribution in [3.63, 3.8) is 0 Å². The Kier molecular flexibility index (Phi) is 4.86. The Hall–Kier alpha value is -2.66. The molecular weight excluding hydrogens is 318 g/mol. The molecule has 0 radical (unpaired) electrons. The maximum Gasteiger partial charge on any atom is 0.338 e. The number of benzene rings is 2. The van der Waals surface area contributed by atoms with Gasteiger partial charge in [-0.1, -0.05) is 42.5 Å². The molecule has 0 bridgehead atoms. The first-order valence-corrected chi connectivity index (χ1v) is 8.40. The first-order valence-electron chi connectivity index (χ1n) is 8.40. The van der Waals surface area contributed by atoms with Crippen LogP contribution in [0, 0.1) is 0 Å². The van der Waals surface area contributed by atoms with E-state index >= 15 is 0 Å². The largest absolute Gasteiger partial charge is 0.480 e. The van der Waals surface area contributed by atoms with E-state index < -0.39 is 17.5 Å². The average molecular weight is 339 g/mol. The second-order valence-electron chi connectivity index (χ2n) is 6.10. The van der Waals surface area contributed by atoms with Crippen LogP contribution < -0.4 is 5.32 Å². The summed E-state index contributed by atoms with van der Waals surface area (Å²) in [6, 6.07) is 14.6. The Morgan fingerprint density at radius 2 is 1.88 bits per heavy atom. The Balaban J connectivity index is 2.07. The monoisotopic (exact) mass is 339 g/mol. The smallest absolute Gasteiger partial charge is 0.338 e. The standard InChI is InChI=1S/C20H21NO4/c1-2-25-18(22)16-9-5-3-8-15(16)13-20(19(23)24)17-10-6-4-7-14(17)11-12-21-20/h3-10,21H,2,11-13H2,1H3,(H,23,24). The lowest BCUT2D eigenvalue weighted by atomic mass is 9.77. The molecule has 0 aliphatic carbocycles. The minimum absolute atomic E-state index is 0.175. The Morgan fingerprint density at radius 3 is 2.64 bits per heavy atom. The summed E-state index contributed by atoms with van der Waals surface area (Å²) in [6.45, 7) is 2.60. The number of carbonyl (C=O) groups is 2. The summed E-state index contributed by atoms with van der Waals surface area (Å²) in [4.78, 5) is 24.5. The average Bonchev–Trinajstić information content (AvgIpc) is 2.62. The molecule has 5 nitrogen and oxygen atoms in total. The van der Waals surface area contributed by atoms with Gasteiger partial charge in [0.05, 0.1) is 12.2 Å². The number of ether oxygens (including phenoxy) is 1. The molecule has 25 heavy (non-hydrogen) atoms.